The van der Waals surface area contributed by atoms with Gasteiger partial charge in [0, 0.05) is 94.0 Å². The van der Waals surface area contributed by atoms with Crippen molar-refractivity contribution >= 4 is 68.8 Å². The summed E-state index contributed by atoms with van der Waals surface area (Å²) in [6, 6.07) is 10.7. The number of hydrogen-bond donors (Lipinski definition) is 1. The third-order valence-corrected chi connectivity index (χ3v) is 10.2. The number of aromatic nitrogens is 4. The molecule has 0 amide bonds. The van der Waals surface area contributed by atoms with Crippen LogP contribution in [0, 0.1) is 0 Å². The van der Waals surface area contributed by atoms with Crippen molar-refractivity contribution in [2.75, 3.05) is 54.4 Å². The van der Waals surface area contributed by atoms with Crippen LogP contribution >= 0.6 is 0 Å². The Morgan fingerprint density at radius 1 is 0.509 bits per heavy atom. The molecule has 0 fully saturated rings. The van der Waals surface area contributed by atoms with Crippen molar-refractivity contribution in [2.45, 2.75) is 0 Å². The molecule has 0 saturated carbocycles. The average molecular weight is 738 g/mol. The molecular formula is C44H42MnN8+3. The second-order valence-corrected chi connectivity index (χ2v) is 14.2. The molecule has 0 unspecified atom stereocenters. The van der Waals surface area contributed by atoms with Crippen molar-refractivity contribution < 1.29 is 17.1 Å². The summed E-state index contributed by atoms with van der Waals surface area (Å²) >= 11 is 0. The third-order valence-electron chi connectivity index (χ3n) is 10.2. The number of hydrogen-bond acceptors (Lipinski definition) is 6. The van der Waals surface area contributed by atoms with Gasteiger partial charge >= 0.3 is 17.1 Å². The van der Waals surface area contributed by atoms with Crippen LogP contribution in [0.1, 0.15) is 39.5 Å². The second kappa shape index (κ2) is 14.0. The first-order chi connectivity index (χ1) is 25.4. The van der Waals surface area contributed by atoms with Gasteiger partial charge in [0.25, 0.3) is 0 Å². The fourth-order valence-corrected chi connectivity index (χ4v) is 7.45. The molecule has 0 aromatic carbocycles. The van der Waals surface area contributed by atoms with Gasteiger partial charge in [-0.3, -0.25) is 0 Å². The minimum atomic E-state index is 0. The molecular weight excluding hydrogens is 695 g/mol. The van der Waals surface area contributed by atoms with Gasteiger partial charge < -0.3 is 29.2 Å². The summed E-state index contributed by atoms with van der Waals surface area (Å²) < 4.78 is 2.48. The number of likely N-dealkylation sites (N-methyl/N-ethyl adjacent to an activating group) is 4. The van der Waals surface area contributed by atoms with Crippen LogP contribution in [0.5, 0.6) is 0 Å². The van der Waals surface area contributed by atoms with Crippen LogP contribution in [0.15, 0.2) is 104 Å². The van der Waals surface area contributed by atoms with E-state index in [4.69, 9.17) is 9.97 Å². The van der Waals surface area contributed by atoms with E-state index in [1.54, 1.807) is 0 Å². The van der Waals surface area contributed by atoms with E-state index < -0.39 is 0 Å². The zero-order chi connectivity index (χ0) is 35.3. The van der Waals surface area contributed by atoms with E-state index in [0.717, 1.165) is 87.9 Å². The third kappa shape index (κ3) is 6.58. The number of rotatable bonds is 4. The number of allylic oxidation sites excluding steroid dienone is 8. The van der Waals surface area contributed by atoms with Crippen molar-refractivity contribution in [3.63, 3.8) is 0 Å². The van der Waals surface area contributed by atoms with Gasteiger partial charge in [-0.25, -0.2) is 9.97 Å². The number of fused-ring (bicyclic) bond motifs is 8. The van der Waals surface area contributed by atoms with Crippen molar-refractivity contribution in [3.8, 4) is 0 Å². The van der Waals surface area contributed by atoms with Gasteiger partial charge in [-0.05, 0) is 120 Å². The van der Waals surface area contributed by atoms with Gasteiger partial charge in [-0.2, -0.15) is 0 Å². The normalized spacial score (nSPS) is 17.6. The molecule has 6 aliphatic rings. The van der Waals surface area contributed by atoms with Crippen molar-refractivity contribution in [1.82, 2.24) is 39.1 Å². The van der Waals surface area contributed by atoms with Crippen LogP contribution in [0.25, 0.3) is 68.8 Å². The first kappa shape index (κ1) is 34.3. The zero-order valence-corrected chi connectivity index (χ0v) is 31.6. The molecule has 9 heterocycles. The summed E-state index contributed by atoms with van der Waals surface area (Å²) in [5.74, 6) is 0. The quantitative estimate of drug-likeness (QED) is 0.189. The Balaban J connectivity index is 0.00000400. The monoisotopic (exact) mass is 737 g/mol. The van der Waals surface area contributed by atoms with Gasteiger partial charge in [-0.1, -0.05) is 18.2 Å². The fraction of sp³-hybridized carbons (Fsp3) is 0.182. The van der Waals surface area contributed by atoms with Crippen molar-refractivity contribution in [3.05, 3.63) is 143 Å². The van der Waals surface area contributed by atoms with Crippen LogP contribution in [-0.4, -0.2) is 93.5 Å². The molecule has 9 rings (SSSR count). The van der Waals surface area contributed by atoms with Gasteiger partial charge in [0.1, 0.15) is 0 Å². The Morgan fingerprint density at radius 2 is 1.00 bits per heavy atom. The Kier molecular flexibility index (Phi) is 9.06. The maximum Gasteiger partial charge on any atom is 3.00 e. The predicted molar refractivity (Wildman–Crippen MR) is 218 cm³/mol. The summed E-state index contributed by atoms with van der Waals surface area (Å²) in [6.45, 7) is 3.25. The molecule has 3 aromatic heterocycles. The summed E-state index contributed by atoms with van der Waals surface area (Å²) in [5, 5.41) is 0. The Bertz CT molecular complexity index is 2490. The zero-order valence-electron chi connectivity index (χ0n) is 30.5. The second-order valence-electron chi connectivity index (χ2n) is 14.2. The number of aromatic amines is 1. The summed E-state index contributed by atoms with van der Waals surface area (Å²) in [4.78, 5) is 22.9. The fourth-order valence-electron chi connectivity index (χ4n) is 7.45. The molecule has 6 aliphatic heterocycles. The molecule has 0 radical (unpaired) electrons. The molecule has 0 saturated heterocycles. The predicted octanol–water partition coefficient (Wildman–Crippen LogP) is 7.95. The molecule has 3 aromatic rings. The molecule has 53 heavy (non-hydrogen) atoms. The van der Waals surface area contributed by atoms with Crippen molar-refractivity contribution in [2.24, 2.45) is 0 Å². The minimum absolute atomic E-state index is 0. The Hall–Kier alpha value is -5.76. The van der Waals surface area contributed by atoms with Crippen LogP contribution < -0.4 is 0 Å². The van der Waals surface area contributed by atoms with Crippen LogP contribution in [-0.2, 0) is 17.1 Å². The minimum Gasteiger partial charge on any atom is -0.377 e. The van der Waals surface area contributed by atoms with Crippen LogP contribution in [0.3, 0.4) is 0 Å². The van der Waals surface area contributed by atoms with E-state index >= 15 is 0 Å². The standard InChI is InChI=1S/C44H42N8.Mn/c1-48-19-11-30(12-20-48)41-39-10-9-36(47-39)28-35-6-5-33(45-35)27-34-7-8-37(46-34)29-40-42(31-13-21-49(2)22-14-31)43(32-15-23-50(3)24-16-32)44(41)52(40)38-17-25-51(4)26-18-38;/h5-19,21,23,25,27-29,45H,20,22,24,26H2,1-4H3;/q;+3. The Morgan fingerprint density at radius 3 is 1.55 bits per heavy atom. The first-order valence-corrected chi connectivity index (χ1v) is 17.9. The topological polar surface area (TPSA) is 59.5 Å². The van der Waals surface area contributed by atoms with E-state index in [-0.39, 0.29) is 17.1 Å². The van der Waals surface area contributed by atoms with E-state index in [9.17, 15) is 0 Å². The van der Waals surface area contributed by atoms with Gasteiger partial charge in [0.05, 0.1) is 33.8 Å². The molecule has 8 bridgehead atoms. The number of H-pyrrole nitrogens is 1. The van der Waals surface area contributed by atoms with Crippen molar-refractivity contribution in [1.29, 1.82) is 0 Å². The number of nitrogens with one attached hydrogen (secondary N) is 1. The molecule has 0 spiro atoms. The summed E-state index contributed by atoms with van der Waals surface area (Å²) in [5.41, 5.74) is 16.0. The maximum atomic E-state index is 5.37. The smallest absolute Gasteiger partial charge is 0.377 e. The van der Waals surface area contributed by atoms with E-state index in [2.05, 4.69) is 185 Å². The number of nitrogens with zero attached hydrogens (tertiary/aromatic N) is 7. The molecule has 1 N–H and O–H groups in total. The molecule has 0 aliphatic carbocycles. The van der Waals surface area contributed by atoms with Gasteiger partial charge in [-0.15, -0.1) is 0 Å². The molecule has 0 atom stereocenters. The largest absolute Gasteiger partial charge is 3.00 e. The van der Waals surface area contributed by atoms with E-state index in [0.29, 0.717) is 0 Å². The van der Waals surface area contributed by atoms with Gasteiger partial charge in [0.2, 0.25) is 0 Å². The maximum absolute atomic E-state index is 5.37. The summed E-state index contributed by atoms with van der Waals surface area (Å²) in [7, 11) is 8.48. The van der Waals surface area contributed by atoms with Gasteiger partial charge in [0.15, 0.2) is 0 Å². The van der Waals surface area contributed by atoms with E-state index in [1.807, 2.05) is 0 Å². The average Bonchev–Trinajstić information content (AvgIpc) is 3.95. The van der Waals surface area contributed by atoms with Crippen LogP contribution in [0.2, 0.25) is 0 Å². The SMILES string of the molecule is CN1C=CC(c2c(C3=CCN(C)C=C3)c3c(C4=CCN(C)C=C4)c4nc(cc5ccc(cc6nc(cc2n3C2=CCN(C)C=C2)C=C6)[nH]5)C=C4)=CC1.[Mn+3]. The molecule has 9 heteroatoms. The molecule has 8 nitrogen and oxygen atoms in total. The molecule has 262 valence electrons. The summed E-state index contributed by atoms with van der Waals surface area (Å²) in [6.07, 6.45) is 35.7. The Labute approximate surface area is 321 Å². The first-order valence-electron chi connectivity index (χ1n) is 17.9. The van der Waals surface area contributed by atoms with E-state index in [1.165, 1.54) is 22.3 Å². The van der Waals surface area contributed by atoms with Crippen LogP contribution in [0.4, 0.5) is 0 Å².